The molecule has 0 saturated heterocycles. The van der Waals surface area contributed by atoms with Crippen molar-refractivity contribution in [2.45, 2.75) is 309 Å². The molecule has 3 unspecified atom stereocenters. The standard InChI is InChI=1S/C57H115N2O6P/c1-6-8-10-12-14-16-18-20-21-22-23-24-25-26-27-28-29-30-31-32-33-34-35-36-37-38-39-40-42-44-46-48-50-56(60)55(54-65-66(62,63)64-53-52-59(3,4)5)58-57(61)51-49-47-45-43-41-19-17-15-13-11-9-7-2/h15,17,55-56,60H,6-14,16,18-54H2,1-5H3,(H-,58,61,62,63)/b17-15-. The molecule has 0 heterocycles. The van der Waals surface area contributed by atoms with E-state index in [1.165, 1.54) is 218 Å². The van der Waals surface area contributed by atoms with Gasteiger partial charge in [-0.2, -0.15) is 0 Å². The highest BCUT2D eigenvalue weighted by atomic mass is 31.2. The van der Waals surface area contributed by atoms with E-state index in [0.29, 0.717) is 23.9 Å². The quantitative estimate of drug-likeness (QED) is 0.0272. The van der Waals surface area contributed by atoms with Crippen molar-refractivity contribution in [1.82, 2.24) is 5.32 Å². The lowest BCUT2D eigenvalue weighted by Crippen LogP contribution is -2.46. The topological polar surface area (TPSA) is 108 Å². The van der Waals surface area contributed by atoms with Crippen molar-refractivity contribution in [3.8, 4) is 0 Å². The number of likely N-dealkylation sites (N-methyl/N-ethyl adjacent to an activating group) is 1. The first-order valence-electron chi connectivity index (χ1n) is 29.0. The van der Waals surface area contributed by atoms with E-state index in [4.69, 9.17) is 9.05 Å². The molecular weight excluding hydrogens is 840 g/mol. The zero-order chi connectivity index (χ0) is 48.5. The summed E-state index contributed by atoms with van der Waals surface area (Å²) in [5.74, 6) is -0.171. The number of nitrogens with one attached hydrogen (secondary N) is 1. The largest absolute Gasteiger partial charge is 0.756 e. The molecule has 1 amide bonds. The lowest BCUT2D eigenvalue weighted by atomic mass is 10.0. The van der Waals surface area contributed by atoms with Gasteiger partial charge in [0.1, 0.15) is 13.2 Å². The van der Waals surface area contributed by atoms with Crippen molar-refractivity contribution < 1.29 is 32.9 Å². The molecule has 0 aliphatic heterocycles. The fraction of sp³-hybridized carbons (Fsp3) is 0.947. The van der Waals surface area contributed by atoms with Crippen LogP contribution in [0.5, 0.6) is 0 Å². The number of phosphoric ester groups is 1. The Hall–Kier alpha value is -0.760. The van der Waals surface area contributed by atoms with Gasteiger partial charge in [-0.3, -0.25) is 9.36 Å². The van der Waals surface area contributed by atoms with Crippen LogP contribution in [0.25, 0.3) is 0 Å². The van der Waals surface area contributed by atoms with Crippen molar-refractivity contribution in [3.05, 3.63) is 12.2 Å². The molecular formula is C57H115N2O6P. The van der Waals surface area contributed by atoms with E-state index in [1.54, 1.807) is 0 Å². The molecule has 0 aliphatic carbocycles. The summed E-state index contributed by atoms with van der Waals surface area (Å²) in [6.45, 7) is 4.72. The minimum absolute atomic E-state index is 0.0127. The summed E-state index contributed by atoms with van der Waals surface area (Å²) in [5, 5.41) is 14.0. The lowest BCUT2D eigenvalue weighted by Gasteiger charge is -2.30. The zero-order valence-corrected chi connectivity index (χ0v) is 45.8. The summed E-state index contributed by atoms with van der Waals surface area (Å²) in [4.78, 5) is 25.4. The Labute approximate surface area is 412 Å². The van der Waals surface area contributed by atoms with Crippen molar-refractivity contribution in [3.63, 3.8) is 0 Å². The van der Waals surface area contributed by atoms with Gasteiger partial charge in [0.05, 0.1) is 39.9 Å². The van der Waals surface area contributed by atoms with E-state index in [9.17, 15) is 19.4 Å². The second kappa shape index (κ2) is 49.2. The lowest BCUT2D eigenvalue weighted by molar-refractivity contribution is -0.870. The summed E-state index contributed by atoms with van der Waals surface area (Å²) in [6.07, 6.45) is 59.8. The SMILES string of the molecule is CCCCC/C=C\CCCCCCCC(=O)NC(COP(=O)([O-])OCC[N+](C)(C)C)C(O)CCCCCCCCCCCCCCCCCCCCCCCCCCCCCCCCCC. The van der Waals surface area contributed by atoms with E-state index < -0.39 is 20.0 Å². The molecule has 0 aromatic rings. The maximum absolute atomic E-state index is 12.9. The van der Waals surface area contributed by atoms with Crippen LogP contribution in [-0.2, 0) is 18.4 Å². The number of hydrogen-bond acceptors (Lipinski definition) is 6. The summed E-state index contributed by atoms with van der Waals surface area (Å²) < 4.78 is 23.4. The first kappa shape index (κ1) is 65.2. The number of aliphatic hydroxyl groups excluding tert-OH is 1. The molecule has 8 nitrogen and oxygen atoms in total. The molecule has 9 heteroatoms. The number of rotatable bonds is 54. The van der Waals surface area contributed by atoms with Crippen LogP contribution in [0.3, 0.4) is 0 Å². The van der Waals surface area contributed by atoms with Gasteiger partial charge in [-0.15, -0.1) is 0 Å². The molecule has 0 aromatic heterocycles. The predicted molar refractivity (Wildman–Crippen MR) is 284 cm³/mol. The Morgan fingerprint density at radius 3 is 1.21 bits per heavy atom. The number of phosphoric acid groups is 1. The maximum Gasteiger partial charge on any atom is 0.268 e. The Morgan fingerprint density at radius 2 is 0.833 bits per heavy atom. The summed E-state index contributed by atoms with van der Waals surface area (Å²) in [5.41, 5.74) is 0. The molecule has 0 radical (unpaired) electrons. The molecule has 3 atom stereocenters. The van der Waals surface area contributed by atoms with Gasteiger partial charge in [0.15, 0.2) is 0 Å². The molecule has 0 rings (SSSR count). The number of hydrogen-bond donors (Lipinski definition) is 2. The summed E-state index contributed by atoms with van der Waals surface area (Å²) >= 11 is 0. The average Bonchev–Trinajstić information content (AvgIpc) is 3.28. The van der Waals surface area contributed by atoms with Crippen LogP contribution in [-0.4, -0.2) is 68.5 Å². The molecule has 0 aromatic carbocycles. The van der Waals surface area contributed by atoms with Crippen molar-refractivity contribution >= 4 is 13.7 Å². The van der Waals surface area contributed by atoms with Gasteiger partial charge in [-0.05, 0) is 38.5 Å². The van der Waals surface area contributed by atoms with E-state index in [2.05, 4.69) is 31.3 Å². The van der Waals surface area contributed by atoms with Gasteiger partial charge >= 0.3 is 0 Å². The minimum Gasteiger partial charge on any atom is -0.756 e. The molecule has 2 N–H and O–H groups in total. The fourth-order valence-corrected chi connectivity index (χ4v) is 9.64. The highest BCUT2D eigenvalue weighted by Crippen LogP contribution is 2.38. The number of quaternary nitrogens is 1. The summed E-state index contributed by atoms with van der Waals surface area (Å²) in [7, 11) is 1.31. The molecule has 0 spiro atoms. The second-order valence-corrected chi connectivity index (χ2v) is 22.8. The Morgan fingerprint density at radius 1 is 0.515 bits per heavy atom. The third-order valence-electron chi connectivity index (χ3n) is 13.5. The third-order valence-corrected chi connectivity index (χ3v) is 14.5. The number of carbonyl (C=O) groups excluding carboxylic acids is 1. The molecule has 0 bridgehead atoms. The first-order valence-corrected chi connectivity index (χ1v) is 30.5. The number of nitrogens with zero attached hydrogens (tertiary/aromatic N) is 1. The van der Waals surface area contributed by atoms with Gasteiger partial charge in [-0.1, -0.05) is 264 Å². The Bertz CT molecular complexity index is 1080. The molecule has 394 valence electrons. The number of carbonyl (C=O) groups is 1. The van der Waals surface area contributed by atoms with Gasteiger partial charge < -0.3 is 28.8 Å². The fourth-order valence-electron chi connectivity index (χ4n) is 8.92. The van der Waals surface area contributed by atoms with Gasteiger partial charge in [0.25, 0.3) is 7.82 Å². The van der Waals surface area contributed by atoms with Gasteiger partial charge in [-0.25, -0.2) is 0 Å². The number of amides is 1. The highest BCUT2D eigenvalue weighted by Gasteiger charge is 2.24. The van der Waals surface area contributed by atoms with Crippen molar-refractivity contribution in [2.24, 2.45) is 0 Å². The smallest absolute Gasteiger partial charge is 0.268 e. The van der Waals surface area contributed by atoms with Crippen LogP contribution in [0.2, 0.25) is 0 Å². The molecule has 0 saturated carbocycles. The number of unbranched alkanes of at least 4 members (excludes halogenated alkanes) is 39. The van der Waals surface area contributed by atoms with E-state index in [0.717, 1.165) is 51.4 Å². The minimum atomic E-state index is -4.57. The van der Waals surface area contributed by atoms with Crippen molar-refractivity contribution in [2.75, 3.05) is 40.9 Å². The Kier molecular flexibility index (Phi) is 48.7. The molecule has 0 fully saturated rings. The predicted octanol–water partition coefficient (Wildman–Crippen LogP) is 16.8. The van der Waals surface area contributed by atoms with E-state index in [1.807, 2.05) is 21.1 Å². The van der Waals surface area contributed by atoms with E-state index in [-0.39, 0.29) is 19.1 Å². The third kappa shape index (κ3) is 51.1. The van der Waals surface area contributed by atoms with Gasteiger partial charge in [0, 0.05) is 6.42 Å². The number of allylic oxidation sites excluding steroid dienone is 2. The Balaban J connectivity index is 3.96. The van der Waals surface area contributed by atoms with Gasteiger partial charge in [0.2, 0.25) is 5.91 Å². The van der Waals surface area contributed by atoms with Crippen LogP contribution in [0.15, 0.2) is 12.2 Å². The molecule has 0 aliphatic rings. The van der Waals surface area contributed by atoms with Crippen LogP contribution < -0.4 is 10.2 Å². The first-order chi connectivity index (χ1) is 32.0. The van der Waals surface area contributed by atoms with Crippen LogP contribution in [0, 0.1) is 0 Å². The second-order valence-electron chi connectivity index (χ2n) is 21.4. The number of aliphatic hydroxyl groups is 1. The monoisotopic (exact) mass is 955 g/mol. The average molecular weight is 956 g/mol. The maximum atomic E-state index is 12.9. The highest BCUT2D eigenvalue weighted by molar-refractivity contribution is 7.45. The normalized spacial score (nSPS) is 14.0. The molecule has 66 heavy (non-hydrogen) atoms. The zero-order valence-electron chi connectivity index (χ0n) is 44.9. The van der Waals surface area contributed by atoms with Crippen LogP contribution in [0.1, 0.15) is 296 Å². The summed E-state index contributed by atoms with van der Waals surface area (Å²) in [6, 6.07) is -0.802. The van der Waals surface area contributed by atoms with Crippen LogP contribution >= 0.6 is 7.82 Å². The van der Waals surface area contributed by atoms with E-state index >= 15 is 0 Å². The van der Waals surface area contributed by atoms with Crippen molar-refractivity contribution in [1.29, 1.82) is 0 Å². The van der Waals surface area contributed by atoms with Crippen LogP contribution in [0.4, 0.5) is 0 Å².